The number of fused-ring (bicyclic) bond motifs is 1. The van der Waals surface area contributed by atoms with Crippen LogP contribution in [0.5, 0.6) is 0 Å². The van der Waals surface area contributed by atoms with Crippen LogP contribution >= 0.6 is 11.3 Å². The summed E-state index contributed by atoms with van der Waals surface area (Å²) in [6, 6.07) is 3.40. The van der Waals surface area contributed by atoms with E-state index < -0.39 is 0 Å². The second kappa shape index (κ2) is 4.43. The Labute approximate surface area is 113 Å². The van der Waals surface area contributed by atoms with Crippen molar-refractivity contribution < 1.29 is 4.79 Å². The summed E-state index contributed by atoms with van der Waals surface area (Å²) in [4.78, 5) is 21.5. The topological polar surface area (TPSA) is 72.2 Å². The number of nitrogens with one attached hydrogen (secondary N) is 1. The van der Waals surface area contributed by atoms with Crippen LogP contribution in [-0.2, 0) is 0 Å². The molecule has 0 atom stereocenters. The number of carbonyl (C=O) groups is 1. The number of thiazole rings is 1. The number of rotatable bonds is 2. The maximum Gasteiger partial charge on any atom is 0.278 e. The second-order valence-electron chi connectivity index (χ2n) is 4.07. The second-order valence-corrected chi connectivity index (χ2v) is 5.27. The third-order valence-corrected chi connectivity index (χ3v) is 3.71. The lowest BCUT2D eigenvalue weighted by molar-refractivity contribution is 0.102. The first kappa shape index (κ1) is 11.8. The molecule has 19 heavy (non-hydrogen) atoms. The van der Waals surface area contributed by atoms with E-state index >= 15 is 0 Å². The molecule has 0 unspecified atom stereocenters. The van der Waals surface area contributed by atoms with Gasteiger partial charge in [-0.05, 0) is 19.9 Å². The largest absolute Gasteiger partial charge is 0.296 e. The highest BCUT2D eigenvalue weighted by atomic mass is 32.1. The molecule has 96 valence electrons. The van der Waals surface area contributed by atoms with E-state index in [1.54, 1.807) is 29.0 Å². The normalized spacial score (nSPS) is 10.8. The highest BCUT2D eigenvalue weighted by molar-refractivity contribution is 7.15. The zero-order valence-electron chi connectivity index (χ0n) is 10.4. The number of aromatic nitrogens is 4. The van der Waals surface area contributed by atoms with Crippen molar-refractivity contribution in [2.24, 2.45) is 0 Å². The van der Waals surface area contributed by atoms with E-state index in [2.05, 4.69) is 20.4 Å². The van der Waals surface area contributed by atoms with Crippen molar-refractivity contribution in [1.29, 1.82) is 0 Å². The van der Waals surface area contributed by atoms with Gasteiger partial charge in [0.2, 0.25) is 0 Å². The molecule has 0 aromatic carbocycles. The Balaban J connectivity index is 1.87. The predicted molar refractivity (Wildman–Crippen MR) is 72.5 cm³/mol. The minimum atomic E-state index is -0.278. The van der Waals surface area contributed by atoms with Crippen molar-refractivity contribution in [3.05, 3.63) is 40.8 Å². The Hall–Kier alpha value is -2.28. The van der Waals surface area contributed by atoms with Crippen molar-refractivity contribution in [3.63, 3.8) is 0 Å². The molecule has 0 spiro atoms. The average Bonchev–Trinajstić information content (AvgIpc) is 2.93. The van der Waals surface area contributed by atoms with Crippen LogP contribution in [-0.4, -0.2) is 25.5 Å². The number of hydrogen-bond acceptors (Lipinski definition) is 5. The summed E-state index contributed by atoms with van der Waals surface area (Å²) in [5.41, 5.74) is 1.89. The smallest absolute Gasteiger partial charge is 0.278 e. The molecule has 6 nitrogen and oxygen atoms in total. The predicted octanol–water partition coefficient (Wildman–Crippen LogP) is 2.05. The van der Waals surface area contributed by atoms with Gasteiger partial charge in [0.05, 0.1) is 5.69 Å². The molecular weight excluding hydrogens is 262 g/mol. The molecule has 1 amide bonds. The molecule has 3 rings (SSSR count). The number of anilines is 1. The molecule has 0 fully saturated rings. The molecule has 3 heterocycles. The summed E-state index contributed by atoms with van der Waals surface area (Å²) in [5, 5.41) is 7.49. The first-order valence-corrected chi connectivity index (χ1v) is 6.51. The minimum Gasteiger partial charge on any atom is -0.296 e. The molecule has 3 aromatic heterocycles. The lowest BCUT2D eigenvalue weighted by Gasteiger charge is -1.96. The van der Waals surface area contributed by atoms with E-state index in [1.807, 2.05) is 13.8 Å². The number of nitrogens with zero attached hydrogens (tertiary/aromatic N) is 4. The van der Waals surface area contributed by atoms with Gasteiger partial charge in [-0.2, -0.15) is 5.10 Å². The Bertz CT molecular complexity index is 708. The summed E-state index contributed by atoms with van der Waals surface area (Å²) in [5.74, 6) is -0.278. The molecule has 0 saturated heterocycles. The summed E-state index contributed by atoms with van der Waals surface area (Å²) in [6.45, 7) is 3.88. The first-order chi connectivity index (χ1) is 9.13. The maximum atomic E-state index is 12.1. The van der Waals surface area contributed by atoms with Crippen LogP contribution < -0.4 is 5.32 Å². The lowest BCUT2D eigenvalue weighted by atomic mass is 10.4. The van der Waals surface area contributed by atoms with Gasteiger partial charge in [-0.3, -0.25) is 10.1 Å². The minimum absolute atomic E-state index is 0.278. The van der Waals surface area contributed by atoms with Gasteiger partial charge in [0.15, 0.2) is 16.5 Å². The fraction of sp³-hybridized carbons (Fsp3) is 0.167. The first-order valence-electron chi connectivity index (χ1n) is 5.69. The average molecular weight is 273 g/mol. The zero-order valence-corrected chi connectivity index (χ0v) is 11.2. The van der Waals surface area contributed by atoms with E-state index in [9.17, 15) is 4.79 Å². The van der Waals surface area contributed by atoms with Gasteiger partial charge in [0.25, 0.3) is 5.91 Å². The van der Waals surface area contributed by atoms with Crippen LogP contribution in [0.15, 0.2) is 24.5 Å². The SMILES string of the molecule is Cc1nc(NC(=O)c2cc3ncccn3n2)sc1C. The van der Waals surface area contributed by atoms with Crippen LogP contribution in [0.2, 0.25) is 0 Å². The molecule has 0 bridgehead atoms. The number of carbonyl (C=O) groups excluding carboxylic acids is 1. The summed E-state index contributed by atoms with van der Waals surface area (Å²) < 4.78 is 1.56. The molecule has 0 aliphatic carbocycles. The quantitative estimate of drug-likeness (QED) is 0.775. The maximum absolute atomic E-state index is 12.1. The van der Waals surface area contributed by atoms with Gasteiger partial charge in [0, 0.05) is 23.3 Å². The van der Waals surface area contributed by atoms with Gasteiger partial charge >= 0.3 is 0 Å². The van der Waals surface area contributed by atoms with Crippen LogP contribution in [0.1, 0.15) is 21.1 Å². The van der Waals surface area contributed by atoms with Gasteiger partial charge in [0.1, 0.15) is 0 Å². The Morgan fingerprint density at radius 1 is 1.42 bits per heavy atom. The fourth-order valence-corrected chi connectivity index (χ4v) is 2.44. The van der Waals surface area contributed by atoms with E-state index in [-0.39, 0.29) is 5.91 Å². The Morgan fingerprint density at radius 2 is 2.26 bits per heavy atom. The number of aryl methyl sites for hydroxylation is 2. The van der Waals surface area contributed by atoms with Crippen molar-refractivity contribution in [1.82, 2.24) is 19.6 Å². The third-order valence-electron chi connectivity index (χ3n) is 2.72. The van der Waals surface area contributed by atoms with E-state index in [0.29, 0.717) is 16.5 Å². The van der Waals surface area contributed by atoms with Crippen molar-refractivity contribution in [2.45, 2.75) is 13.8 Å². The monoisotopic (exact) mass is 273 g/mol. The van der Waals surface area contributed by atoms with Crippen LogP contribution in [0.4, 0.5) is 5.13 Å². The van der Waals surface area contributed by atoms with E-state index in [4.69, 9.17) is 0 Å². The highest BCUT2D eigenvalue weighted by Gasteiger charge is 2.13. The number of hydrogen-bond donors (Lipinski definition) is 1. The Morgan fingerprint density at radius 3 is 2.95 bits per heavy atom. The number of amides is 1. The summed E-state index contributed by atoms with van der Waals surface area (Å²) in [7, 11) is 0. The molecule has 0 radical (unpaired) electrons. The van der Waals surface area contributed by atoms with Gasteiger partial charge in [-0.15, -0.1) is 11.3 Å². The van der Waals surface area contributed by atoms with Gasteiger partial charge in [-0.1, -0.05) is 0 Å². The third kappa shape index (κ3) is 2.19. The summed E-state index contributed by atoms with van der Waals surface area (Å²) >= 11 is 1.45. The van der Waals surface area contributed by atoms with Gasteiger partial charge < -0.3 is 0 Å². The molecule has 0 aliphatic rings. The molecule has 0 saturated carbocycles. The van der Waals surface area contributed by atoms with Crippen molar-refractivity contribution in [2.75, 3.05) is 5.32 Å². The standard InChI is InChI=1S/C12H11N5OS/c1-7-8(2)19-12(14-7)15-11(18)9-6-10-13-4-3-5-17(10)16-9/h3-6H,1-2H3,(H,14,15,18). The van der Waals surface area contributed by atoms with Crippen molar-refractivity contribution >= 4 is 28.0 Å². The fourth-order valence-electron chi connectivity index (χ4n) is 1.63. The summed E-state index contributed by atoms with van der Waals surface area (Å²) in [6.07, 6.45) is 3.41. The van der Waals surface area contributed by atoms with Crippen LogP contribution in [0, 0.1) is 13.8 Å². The lowest BCUT2D eigenvalue weighted by Crippen LogP contribution is -2.12. The molecule has 0 aliphatic heterocycles. The van der Waals surface area contributed by atoms with Crippen LogP contribution in [0.3, 0.4) is 0 Å². The molecule has 1 N–H and O–H groups in total. The molecule has 7 heteroatoms. The van der Waals surface area contributed by atoms with E-state index in [1.165, 1.54) is 11.3 Å². The zero-order chi connectivity index (χ0) is 13.4. The van der Waals surface area contributed by atoms with Crippen molar-refractivity contribution in [3.8, 4) is 0 Å². The van der Waals surface area contributed by atoms with Gasteiger partial charge in [-0.25, -0.2) is 14.5 Å². The highest BCUT2D eigenvalue weighted by Crippen LogP contribution is 2.21. The Kier molecular flexibility index (Phi) is 2.75. The van der Waals surface area contributed by atoms with Crippen LogP contribution in [0.25, 0.3) is 5.65 Å². The molecular formula is C12H11N5OS. The molecule has 3 aromatic rings. The van der Waals surface area contributed by atoms with E-state index in [0.717, 1.165) is 10.6 Å².